The average Bonchev–Trinajstić information content (AvgIpc) is 3.66. The predicted molar refractivity (Wildman–Crippen MR) is 139 cm³/mol. The Labute approximate surface area is 210 Å². The van der Waals surface area contributed by atoms with E-state index in [0.29, 0.717) is 29.2 Å². The third-order valence-corrected chi connectivity index (χ3v) is 7.06. The molecule has 0 saturated heterocycles. The fraction of sp³-hybridized carbons (Fsp3) is 0.267. The minimum atomic E-state index is -0.234. The zero-order valence-electron chi connectivity index (χ0n) is 20.9. The van der Waals surface area contributed by atoms with Gasteiger partial charge in [-0.25, -0.2) is 4.39 Å². The monoisotopic (exact) mass is 482 g/mol. The molecular formula is C30H31FN4O. The van der Waals surface area contributed by atoms with Gasteiger partial charge >= 0.3 is 0 Å². The maximum absolute atomic E-state index is 13.9. The molecule has 3 aromatic carbocycles. The maximum atomic E-state index is 13.9. The van der Waals surface area contributed by atoms with E-state index in [1.807, 2.05) is 54.3 Å². The van der Waals surface area contributed by atoms with Crippen molar-refractivity contribution in [3.8, 4) is 11.1 Å². The zero-order chi connectivity index (χ0) is 25.4. The number of amides is 1. The molecule has 184 valence electrons. The molecule has 36 heavy (non-hydrogen) atoms. The summed E-state index contributed by atoms with van der Waals surface area (Å²) in [4.78, 5) is 13.6. The molecule has 2 N–H and O–H groups in total. The molecule has 5 nitrogen and oxygen atoms in total. The first-order chi connectivity index (χ1) is 17.3. The molecule has 1 aliphatic carbocycles. The summed E-state index contributed by atoms with van der Waals surface area (Å²) in [6, 6.07) is 19.1. The maximum Gasteiger partial charge on any atom is 0.251 e. The second-order valence-electron chi connectivity index (χ2n) is 9.89. The number of rotatable bonds is 7. The van der Waals surface area contributed by atoms with Gasteiger partial charge in [-0.15, -0.1) is 0 Å². The minimum absolute atomic E-state index is 0.144. The van der Waals surface area contributed by atoms with E-state index in [1.54, 1.807) is 17.6 Å². The third kappa shape index (κ3) is 4.89. The van der Waals surface area contributed by atoms with E-state index in [9.17, 15) is 9.18 Å². The summed E-state index contributed by atoms with van der Waals surface area (Å²) in [5, 5.41) is 11.6. The summed E-state index contributed by atoms with van der Waals surface area (Å²) < 4.78 is 17.5. The molecule has 1 saturated carbocycles. The van der Waals surface area contributed by atoms with Crippen LogP contribution in [0.1, 0.15) is 51.5 Å². The van der Waals surface area contributed by atoms with Gasteiger partial charge in [-0.3, -0.25) is 10.2 Å². The Kier molecular flexibility index (Phi) is 6.35. The Bertz CT molecular complexity index is 1500. The highest BCUT2D eigenvalue weighted by atomic mass is 19.1. The van der Waals surface area contributed by atoms with Gasteiger partial charge in [0.1, 0.15) is 5.82 Å². The SMILES string of the molecule is Cc1cc([C@@H](NC(=O)c2cc(Cn3ccn(C)c3=N)cc(-c3ccccc3C)c2)C2CC2)ccc1F. The van der Waals surface area contributed by atoms with Crippen LogP contribution in [0.25, 0.3) is 11.1 Å². The van der Waals surface area contributed by atoms with Crippen LogP contribution in [0.3, 0.4) is 0 Å². The lowest BCUT2D eigenvalue weighted by molar-refractivity contribution is 0.0931. The number of aromatic nitrogens is 2. The van der Waals surface area contributed by atoms with Crippen molar-refractivity contribution in [2.75, 3.05) is 0 Å². The van der Waals surface area contributed by atoms with Gasteiger partial charge in [0, 0.05) is 25.0 Å². The van der Waals surface area contributed by atoms with E-state index in [1.165, 1.54) is 6.07 Å². The second kappa shape index (κ2) is 9.61. The van der Waals surface area contributed by atoms with Crippen molar-refractivity contribution < 1.29 is 9.18 Å². The molecule has 1 fully saturated rings. The number of carbonyl (C=O) groups is 1. The minimum Gasteiger partial charge on any atom is -0.345 e. The quantitative estimate of drug-likeness (QED) is 0.351. The van der Waals surface area contributed by atoms with Gasteiger partial charge in [-0.05, 0) is 90.3 Å². The van der Waals surface area contributed by atoms with Crippen molar-refractivity contribution in [3.05, 3.63) is 112 Å². The standard InChI is InChI=1S/C30H31FN4O/c1-19-6-4-5-7-26(19)24-15-21(18-35-13-12-34(3)30(35)32)16-25(17-24)29(36)33-28(22-8-9-22)23-10-11-27(31)20(2)14-23/h4-7,10-17,22,28,32H,8-9,18H2,1-3H3,(H,33,36)/t28-/m0/s1. The van der Waals surface area contributed by atoms with Crippen LogP contribution in [-0.4, -0.2) is 15.0 Å². The first kappa shape index (κ1) is 23.8. The van der Waals surface area contributed by atoms with Crippen LogP contribution < -0.4 is 10.9 Å². The molecule has 1 atom stereocenters. The van der Waals surface area contributed by atoms with Gasteiger partial charge in [0.05, 0.1) is 12.6 Å². The number of hydrogen-bond acceptors (Lipinski definition) is 2. The molecule has 6 heteroatoms. The predicted octanol–water partition coefficient (Wildman–Crippen LogP) is 5.66. The Hall–Kier alpha value is -3.93. The van der Waals surface area contributed by atoms with Gasteiger partial charge in [0.2, 0.25) is 5.62 Å². The lowest BCUT2D eigenvalue weighted by Gasteiger charge is -2.20. The van der Waals surface area contributed by atoms with E-state index in [4.69, 9.17) is 5.41 Å². The largest absolute Gasteiger partial charge is 0.345 e. The van der Waals surface area contributed by atoms with Crippen LogP contribution in [0.4, 0.5) is 4.39 Å². The highest BCUT2D eigenvalue weighted by molar-refractivity contribution is 5.96. The van der Waals surface area contributed by atoms with Crippen molar-refractivity contribution in [3.63, 3.8) is 0 Å². The van der Waals surface area contributed by atoms with Crippen molar-refractivity contribution >= 4 is 5.91 Å². The Balaban J connectivity index is 1.51. The van der Waals surface area contributed by atoms with Crippen molar-refractivity contribution in [2.45, 2.75) is 39.3 Å². The molecule has 1 aromatic heterocycles. The number of halogens is 1. The Morgan fingerprint density at radius 1 is 1.06 bits per heavy atom. The van der Waals surface area contributed by atoms with Crippen molar-refractivity contribution in [1.82, 2.24) is 14.5 Å². The normalized spacial score (nSPS) is 14.0. The van der Waals surface area contributed by atoms with Gasteiger partial charge in [-0.1, -0.05) is 36.4 Å². The number of benzene rings is 3. The molecule has 0 radical (unpaired) electrons. The fourth-order valence-corrected chi connectivity index (χ4v) is 4.80. The molecule has 0 aliphatic heterocycles. The lowest BCUT2D eigenvalue weighted by atomic mass is 9.95. The highest BCUT2D eigenvalue weighted by Crippen LogP contribution is 2.41. The summed E-state index contributed by atoms with van der Waals surface area (Å²) in [5.41, 5.74) is 6.63. The molecule has 1 aliphatic rings. The van der Waals surface area contributed by atoms with Gasteiger partial charge in [0.25, 0.3) is 5.91 Å². The van der Waals surface area contributed by atoms with Crippen LogP contribution in [0, 0.1) is 31.0 Å². The number of nitrogens with one attached hydrogen (secondary N) is 2. The smallest absolute Gasteiger partial charge is 0.251 e. The van der Waals surface area contributed by atoms with Crippen LogP contribution in [-0.2, 0) is 13.6 Å². The summed E-state index contributed by atoms with van der Waals surface area (Å²) in [6.07, 6.45) is 5.83. The van der Waals surface area contributed by atoms with E-state index in [0.717, 1.165) is 40.7 Å². The number of nitrogens with zero attached hydrogens (tertiary/aromatic N) is 2. The molecule has 0 unspecified atom stereocenters. The summed E-state index contributed by atoms with van der Waals surface area (Å²) in [5.74, 6) is -0.0133. The van der Waals surface area contributed by atoms with Crippen LogP contribution >= 0.6 is 0 Å². The van der Waals surface area contributed by atoms with Crippen LogP contribution in [0.2, 0.25) is 0 Å². The first-order valence-corrected chi connectivity index (χ1v) is 12.3. The average molecular weight is 483 g/mol. The topological polar surface area (TPSA) is 62.8 Å². The van der Waals surface area contributed by atoms with E-state index in [2.05, 4.69) is 30.4 Å². The van der Waals surface area contributed by atoms with Gasteiger partial charge in [0.15, 0.2) is 0 Å². The molecule has 0 spiro atoms. The highest BCUT2D eigenvalue weighted by Gasteiger charge is 2.34. The first-order valence-electron chi connectivity index (χ1n) is 12.3. The summed E-state index contributed by atoms with van der Waals surface area (Å²) in [7, 11) is 1.84. The Morgan fingerprint density at radius 3 is 2.50 bits per heavy atom. The molecule has 4 aromatic rings. The number of aryl methyl sites for hydroxylation is 3. The number of hydrogen-bond donors (Lipinski definition) is 2. The molecule has 0 bridgehead atoms. The van der Waals surface area contributed by atoms with Crippen molar-refractivity contribution in [2.24, 2.45) is 13.0 Å². The second-order valence-corrected chi connectivity index (χ2v) is 9.89. The zero-order valence-corrected chi connectivity index (χ0v) is 20.9. The molecule has 1 heterocycles. The number of imidazole rings is 1. The summed E-state index contributed by atoms with van der Waals surface area (Å²) in [6.45, 7) is 4.31. The summed E-state index contributed by atoms with van der Waals surface area (Å²) >= 11 is 0. The molecule has 5 rings (SSSR count). The van der Waals surface area contributed by atoms with E-state index < -0.39 is 0 Å². The van der Waals surface area contributed by atoms with Gasteiger partial charge < -0.3 is 14.5 Å². The third-order valence-electron chi connectivity index (χ3n) is 7.06. The number of carbonyl (C=O) groups excluding carboxylic acids is 1. The Morgan fingerprint density at radius 2 is 1.83 bits per heavy atom. The van der Waals surface area contributed by atoms with Crippen molar-refractivity contribution in [1.29, 1.82) is 5.41 Å². The molecular weight excluding hydrogens is 451 g/mol. The fourth-order valence-electron chi connectivity index (χ4n) is 4.80. The van der Waals surface area contributed by atoms with Crippen LogP contribution in [0.5, 0.6) is 0 Å². The lowest BCUT2D eigenvalue weighted by Crippen LogP contribution is -2.30. The molecule has 1 amide bonds. The van der Waals surface area contributed by atoms with Gasteiger partial charge in [-0.2, -0.15) is 0 Å². The van der Waals surface area contributed by atoms with E-state index >= 15 is 0 Å². The van der Waals surface area contributed by atoms with E-state index in [-0.39, 0.29) is 17.8 Å². The van der Waals surface area contributed by atoms with Crippen LogP contribution in [0.15, 0.2) is 73.1 Å².